The minimum absolute atomic E-state index is 0.133. The predicted molar refractivity (Wildman–Crippen MR) is 107 cm³/mol. The van der Waals surface area contributed by atoms with E-state index in [0.29, 0.717) is 6.42 Å². The minimum Gasteiger partial charge on any atom is -0.335 e. The van der Waals surface area contributed by atoms with Crippen LogP contribution in [0.15, 0.2) is 47.4 Å². The van der Waals surface area contributed by atoms with E-state index in [9.17, 15) is 9.00 Å². The lowest BCUT2D eigenvalue weighted by Gasteiger charge is -2.37. The van der Waals surface area contributed by atoms with Gasteiger partial charge >= 0.3 is 0 Å². The van der Waals surface area contributed by atoms with Crippen molar-refractivity contribution in [1.29, 1.82) is 0 Å². The third-order valence-corrected chi connectivity index (χ3v) is 6.47. The lowest BCUT2D eigenvalue weighted by molar-refractivity contribution is -0.134. The number of carbonyl (C=O) groups is 1. The Morgan fingerprint density at radius 2 is 1.88 bits per heavy atom. The number of amides is 1. The first-order valence-electron chi connectivity index (χ1n) is 9.26. The smallest absolute Gasteiger partial charge is 0.227 e. The SMILES string of the molecule is Cc1cccc([C@@H]2CCCCN2C(=O)Cc2ccccc2[S@](C)=O)c1C. The molecular weight excluding hydrogens is 342 g/mol. The van der Waals surface area contributed by atoms with Crippen molar-refractivity contribution in [2.24, 2.45) is 0 Å². The molecule has 0 aromatic heterocycles. The van der Waals surface area contributed by atoms with Gasteiger partial charge in [0.25, 0.3) is 0 Å². The molecule has 1 aliphatic heterocycles. The molecule has 138 valence electrons. The van der Waals surface area contributed by atoms with Gasteiger partial charge in [0.15, 0.2) is 0 Å². The molecule has 1 amide bonds. The molecule has 1 saturated heterocycles. The zero-order valence-corrected chi connectivity index (χ0v) is 16.6. The van der Waals surface area contributed by atoms with E-state index in [2.05, 4.69) is 32.0 Å². The Balaban J connectivity index is 1.87. The summed E-state index contributed by atoms with van der Waals surface area (Å²) in [4.78, 5) is 16.0. The summed E-state index contributed by atoms with van der Waals surface area (Å²) < 4.78 is 12.0. The van der Waals surface area contributed by atoms with Gasteiger partial charge in [-0.15, -0.1) is 0 Å². The first kappa shape index (κ1) is 18.8. The molecule has 26 heavy (non-hydrogen) atoms. The van der Waals surface area contributed by atoms with Crippen LogP contribution in [0.2, 0.25) is 0 Å². The van der Waals surface area contributed by atoms with Crippen molar-refractivity contribution < 1.29 is 9.00 Å². The molecule has 0 unspecified atom stereocenters. The molecule has 0 aliphatic carbocycles. The van der Waals surface area contributed by atoms with Crippen molar-refractivity contribution in [1.82, 2.24) is 4.90 Å². The molecule has 0 bridgehead atoms. The molecule has 1 fully saturated rings. The summed E-state index contributed by atoms with van der Waals surface area (Å²) in [5.74, 6) is 0.133. The topological polar surface area (TPSA) is 37.4 Å². The Kier molecular flexibility index (Phi) is 5.92. The van der Waals surface area contributed by atoms with Gasteiger partial charge in [-0.2, -0.15) is 0 Å². The summed E-state index contributed by atoms with van der Waals surface area (Å²) in [7, 11) is -1.08. The van der Waals surface area contributed by atoms with Crippen molar-refractivity contribution in [3.63, 3.8) is 0 Å². The predicted octanol–water partition coefficient (Wildman–Crippen LogP) is 4.34. The van der Waals surface area contributed by atoms with Gasteiger partial charge in [0.1, 0.15) is 0 Å². The van der Waals surface area contributed by atoms with Crippen LogP contribution in [0.5, 0.6) is 0 Å². The Labute approximate surface area is 158 Å². The molecule has 0 spiro atoms. The van der Waals surface area contributed by atoms with E-state index in [-0.39, 0.29) is 11.9 Å². The van der Waals surface area contributed by atoms with E-state index in [0.717, 1.165) is 36.3 Å². The van der Waals surface area contributed by atoms with E-state index in [4.69, 9.17) is 0 Å². The second-order valence-corrected chi connectivity index (χ2v) is 8.47. The highest BCUT2D eigenvalue weighted by Gasteiger charge is 2.29. The van der Waals surface area contributed by atoms with Gasteiger partial charge in [-0.05, 0) is 61.4 Å². The number of carbonyl (C=O) groups excluding carboxylic acids is 1. The monoisotopic (exact) mass is 369 g/mol. The molecule has 2 atom stereocenters. The largest absolute Gasteiger partial charge is 0.335 e. The molecule has 2 aromatic rings. The first-order valence-corrected chi connectivity index (χ1v) is 10.8. The maximum atomic E-state index is 13.1. The highest BCUT2D eigenvalue weighted by molar-refractivity contribution is 7.84. The van der Waals surface area contributed by atoms with E-state index in [1.54, 1.807) is 6.26 Å². The zero-order valence-electron chi connectivity index (χ0n) is 15.8. The van der Waals surface area contributed by atoms with Gasteiger partial charge in [0, 0.05) is 17.7 Å². The number of piperidine rings is 1. The second kappa shape index (κ2) is 8.17. The van der Waals surface area contributed by atoms with Gasteiger partial charge in [-0.25, -0.2) is 0 Å². The number of benzene rings is 2. The van der Waals surface area contributed by atoms with Gasteiger partial charge < -0.3 is 4.90 Å². The van der Waals surface area contributed by atoms with E-state index >= 15 is 0 Å². The number of hydrogen-bond donors (Lipinski definition) is 0. The summed E-state index contributed by atoms with van der Waals surface area (Å²) in [6.45, 7) is 5.08. The summed E-state index contributed by atoms with van der Waals surface area (Å²) in [6.07, 6.45) is 5.20. The van der Waals surface area contributed by atoms with Gasteiger partial charge in [0.2, 0.25) is 5.91 Å². The number of rotatable bonds is 4. The van der Waals surface area contributed by atoms with E-state index in [1.807, 2.05) is 29.2 Å². The lowest BCUT2D eigenvalue weighted by Crippen LogP contribution is -2.39. The number of aryl methyl sites for hydroxylation is 1. The first-order chi connectivity index (χ1) is 12.5. The third kappa shape index (κ3) is 3.90. The standard InChI is InChI=1S/C22H27NO2S/c1-16-9-8-11-19(17(16)2)20-12-6-7-14-23(20)22(24)15-18-10-4-5-13-21(18)26(3)25/h4-5,8-11,13,20H,6-7,12,14-15H2,1-3H3/t20-,26-/m0/s1. The van der Waals surface area contributed by atoms with Crippen LogP contribution in [0, 0.1) is 13.8 Å². The Bertz CT molecular complexity index is 831. The van der Waals surface area contributed by atoms with Crippen molar-refractivity contribution in [2.45, 2.75) is 50.5 Å². The Hall–Kier alpha value is -1.94. The number of likely N-dealkylation sites (tertiary alicyclic amines) is 1. The lowest BCUT2D eigenvalue weighted by atomic mass is 9.90. The van der Waals surface area contributed by atoms with Gasteiger partial charge in [-0.3, -0.25) is 9.00 Å². The minimum atomic E-state index is -1.08. The van der Waals surface area contributed by atoms with Gasteiger partial charge in [-0.1, -0.05) is 36.4 Å². The van der Waals surface area contributed by atoms with E-state index in [1.165, 1.54) is 16.7 Å². The molecule has 3 nitrogen and oxygen atoms in total. The highest BCUT2D eigenvalue weighted by atomic mass is 32.2. The average molecular weight is 370 g/mol. The molecule has 1 heterocycles. The van der Waals surface area contributed by atoms with Crippen LogP contribution in [0.25, 0.3) is 0 Å². The molecule has 0 N–H and O–H groups in total. The van der Waals surface area contributed by atoms with Crippen molar-refractivity contribution >= 4 is 16.7 Å². The molecule has 2 aromatic carbocycles. The summed E-state index contributed by atoms with van der Waals surface area (Å²) in [5, 5.41) is 0. The maximum Gasteiger partial charge on any atom is 0.227 e. The molecule has 1 aliphatic rings. The molecule has 0 saturated carbocycles. The number of nitrogens with zero attached hydrogens (tertiary/aromatic N) is 1. The van der Waals surface area contributed by atoms with Crippen LogP contribution in [-0.2, 0) is 22.0 Å². The van der Waals surface area contributed by atoms with Crippen molar-refractivity contribution in [3.05, 3.63) is 64.7 Å². The normalized spacial score (nSPS) is 18.6. The zero-order chi connectivity index (χ0) is 18.7. The van der Waals surface area contributed by atoms with Crippen LogP contribution < -0.4 is 0 Å². The quantitative estimate of drug-likeness (QED) is 0.804. The average Bonchev–Trinajstić information content (AvgIpc) is 2.64. The Morgan fingerprint density at radius 1 is 1.12 bits per heavy atom. The van der Waals surface area contributed by atoms with Gasteiger partial charge in [0.05, 0.1) is 23.3 Å². The van der Waals surface area contributed by atoms with Crippen LogP contribution in [0.4, 0.5) is 0 Å². The van der Waals surface area contributed by atoms with Crippen molar-refractivity contribution in [2.75, 3.05) is 12.8 Å². The summed E-state index contributed by atoms with van der Waals surface area (Å²) in [6, 6.07) is 14.1. The van der Waals surface area contributed by atoms with Crippen LogP contribution in [0.3, 0.4) is 0 Å². The van der Waals surface area contributed by atoms with E-state index < -0.39 is 10.8 Å². The Morgan fingerprint density at radius 3 is 2.65 bits per heavy atom. The van der Waals surface area contributed by atoms with Crippen LogP contribution in [0.1, 0.15) is 47.6 Å². The fourth-order valence-corrected chi connectivity index (χ4v) is 4.66. The number of hydrogen-bond acceptors (Lipinski definition) is 2. The van der Waals surface area contributed by atoms with Crippen LogP contribution in [-0.4, -0.2) is 27.8 Å². The van der Waals surface area contributed by atoms with Crippen molar-refractivity contribution in [3.8, 4) is 0 Å². The molecule has 4 heteroatoms. The molecule has 0 radical (unpaired) electrons. The third-order valence-electron chi connectivity index (χ3n) is 5.45. The summed E-state index contributed by atoms with van der Waals surface area (Å²) in [5.41, 5.74) is 4.70. The van der Waals surface area contributed by atoms with Crippen LogP contribution >= 0.6 is 0 Å². The maximum absolute atomic E-state index is 13.1. The molecule has 3 rings (SSSR count). The summed E-state index contributed by atoms with van der Waals surface area (Å²) >= 11 is 0. The highest BCUT2D eigenvalue weighted by Crippen LogP contribution is 2.34. The fourth-order valence-electron chi connectivity index (χ4n) is 3.88. The molecular formula is C22H27NO2S. The fraction of sp³-hybridized carbons (Fsp3) is 0.409. The second-order valence-electron chi connectivity index (χ2n) is 7.13.